The molecule has 2 atom stereocenters. The lowest BCUT2D eigenvalue weighted by atomic mass is 9.95. The number of hydrogen-bond donors (Lipinski definition) is 2. The van der Waals surface area contributed by atoms with Crippen LogP contribution < -0.4 is 10.6 Å². The number of carbonyl (C=O) groups is 1. The van der Waals surface area contributed by atoms with E-state index in [1.54, 1.807) is 0 Å². The Balaban J connectivity index is 1.66. The predicted octanol–water partition coefficient (Wildman–Crippen LogP) is 2.29. The number of amides is 1. The summed E-state index contributed by atoms with van der Waals surface area (Å²) in [5, 5.41) is 6.68. The van der Waals surface area contributed by atoms with E-state index in [0.717, 1.165) is 19.4 Å². The molecule has 1 heterocycles. The number of carbonyl (C=O) groups excluding carboxylic acids is 1. The summed E-state index contributed by atoms with van der Waals surface area (Å²) in [6.45, 7) is 7.67. The standard InChI is InChI=1S/C17H33N3O/c1-14(13-20-11-7-4-8-12-20)18-15(2)17(21)19-16-9-5-3-6-10-16/h14-16,18H,3-13H2,1-2H3,(H,19,21). The number of hydrogen-bond acceptors (Lipinski definition) is 3. The van der Waals surface area contributed by atoms with Gasteiger partial charge in [0, 0.05) is 18.6 Å². The molecule has 4 heteroatoms. The molecule has 21 heavy (non-hydrogen) atoms. The highest BCUT2D eigenvalue weighted by Crippen LogP contribution is 2.17. The molecule has 2 unspecified atom stereocenters. The number of nitrogens with zero attached hydrogens (tertiary/aromatic N) is 1. The fourth-order valence-corrected chi connectivity index (χ4v) is 3.66. The van der Waals surface area contributed by atoms with Gasteiger partial charge < -0.3 is 15.5 Å². The Kier molecular flexibility index (Phi) is 6.97. The van der Waals surface area contributed by atoms with Crippen molar-refractivity contribution < 1.29 is 4.79 Å². The van der Waals surface area contributed by atoms with Crippen molar-refractivity contribution in [1.82, 2.24) is 15.5 Å². The quantitative estimate of drug-likeness (QED) is 0.790. The van der Waals surface area contributed by atoms with Crippen molar-refractivity contribution in [3.05, 3.63) is 0 Å². The van der Waals surface area contributed by atoms with Crippen LogP contribution in [-0.4, -0.2) is 48.6 Å². The van der Waals surface area contributed by atoms with Gasteiger partial charge in [0.1, 0.15) is 0 Å². The summed E-state index contributed by atoms with van der Waals surface area (Å²) in [6, 6.07) is 0.690. The Morgan fingerprint density at radius 2 is 1.67 bits per heavy atom. The molecule has 0 aromatic rings. The minimum Gasteiger partial charge on any atom is -0.352 e. The van der Waals surface area contributed by atoms with Gasteiger partial charge in [0.25, 0.3) is 0 Å². The van der Waals surface area contributed by atoms with Gasteiger partial charge in [-0.3, -0.25) is 4.79 Å². The van der Waals surface area contributed by atoms with E-state index in [0.29, 0.717) is 12.1 Å². The first-order valence-electron chi connectivity index (χ1n) is 8.94. The minimum atomic E-state index is -0.0910. The van der Waals surface area contributed by atoms with Crippen LogP contribution in [0.25, 0.3) is 0 Å². The van der Waals surface area contributed by atoms with Crippen molar-refractivity contribution in [1.29, 1.82) is 0 Å². The van der Waals surface area contributed by atoms with E-state index >= 15 is 0 Å². The van der Waals surface area contributed by atoms with Crippen LogP contribution in [-0.2, 0) is 4.79 Å². The van der Waals surface area contributed by atoms with Crippen LogP contribution in [0.3, 0.4) is 0 Å². The summed E-state index contributed by atoms with van der Waals surface area (Å²) >= 11 is 0. The molecule has 2 N–H and O–H groups in total. The molecular formula is C17H33N3O. The average molecular weight is 295 g/mol. The first-order valence-corrected chi connectivity index (χ1v) is 8.94. The normalized spacial score (nSPS) is 24.5. The van der Waals surface area contributed by atoms with Gasteiger partial charge in [0.2, 0.25) is 5.91 Å². The summed E-state index contributed by atoms with van der Waals surface area (Å²) in [7, 11) is 0. The molecule has 0 spiro atoms. The van der Waals surface area contributed by atoms with Crippen molar-refractivity contribution in [2.75, 3.05) is 19.6 Å². The molecule has 1 saturated heterocycles. The Bertz CT molecular complexity index is 309. The van der Waals surface area contributed by atoms with Crippen molar-refractivity contribution in [2.24, 2.45) is 0 Å². The molecule has 1 amide bonds. The van der Waals surface area contributed by atoms with Crippen molar-refractivity contribution >= 4 is 5.91 Å². The zero-order valence-corrected chi connectivity index (χ0v) is 13.9. The van der Waals surface area contributed by atoms with E-state index in [-0.39, 0.29) is 11.9 Å². The van der Waals surface area contributed by atoms with Gasteiger partial charge in [-0.1, -0.05) is 25.7 Å². The van der Waals surface area contributed by atoms with Gasteiger partial charge in [0.05, 0.1) is 6.04 Å². The van der Waals surface area contributed by atoms with Crippen molar-refractivity contribution in [3.63, 3.8) is 0 Å². The van der Waals surface area contributed by atoms with Gasteiger partial charge in [0.15, 0.2) is 0 Å². The molecule has 1 aliphatic carbocycles. The molecule has 0 aromatic carbocycles. The van der Waals surface area contributed by atoms with Gasteiger partial charge in [-0.25, -0.2) is 0 Å². The molecule has 4 nitrogen and oxygen atoms in total. The fourth-order valence-electron chi connectivity index (χ4n) is 3.66. The minimum absolute atomic E-state index is 0.0910. The lowest BCUT2D eigenvalue weighted by molar-refractivity contribution is -0.123. The zero-order chi connectivity index (χ0) is 15.1. The summed E-state index contributed by atoms with van der Waals surface area (Å²) in [5.41, 5.74) is 0. The summed E-state index contributed by atoms with van der Waals surface area (Å²) in [4.78, 5) is 14.8. The molecule has 2 aliphatic rings. The van der Waals surface area contributed by atoms with Crippen LogP contribution in [0.5, 0.6) is 0 Å². The second-order valence-electron chi connectivity index (χ2n) is 6.99. The smallest absolute Gasteiger partial charge is 0.237 e. The Hall–Kier alpha value is -0.610. The molecule has 122 valence electrons. The second-order valence-corrected chi connectivity index (χ2v) is 6.99. The van der Waals surface area contributed by atoms with Crippen molar-refractivity contribution in [3.8, 4) is 0 Å². The van der Waals surface area contributed by atoms with E-state index in [2.05, 4.69) is 22.5 Å². The largest absolute Gasteiger partial charge is 0.352 e. The summed E-state index contributed by atoms with van der Waals surface area (Å²) in [6.07, 6.45) is 10.2. The zero-order valence-electron chi connectivity index (χ0n) is 13.9. The summed E-state index contributed by atoms with van der Waals surface area (Å²) in [5.74, 6) is 0.174. The molecular weight excluding hydrogens is 262 g/mol. The number of rotatable bonds is 6. The summed E-state index contributed by atoms with van der Waals surface area (Å²) < 4.78 is 0. The highest BCUT2D eigenvalue weighted by Gasteiger charge is 2.21. The average Bonchev–Trinajstić information content (AvgIpc) is 2.49. The van der Waals surface area contributed by atoms with E-state index < -0.39 is 0 Å². The van der Waals surface area contributed by atoms with Crippen LogP contribution in [0.4, 0.5) is 0 Å². The van der Waals surface area contributed by atoms with Gasteiger partial charge >= 0.3 is 0 Å². The molecule has 1 aliphatic heterocycles. The van der Waals surface area contributed by atoms with E-state index in [4.69, 9.17) is 0 Å². The maximum Gasteiger partial charge on any atom is 0.237 e. The number of likely N-dealkylation sites (tertiary alicyclic amines) is 1. The second kappa shape index (κ2) is 8.74. The third-order valence-electron chi connectivity index (χ3n) is 4.86. The molecule has 1 saturated carbocycles. The Labute approximate surface area is 130 Å². The van der Waals surface area contributed by atoms with Crippen LogP contribution in [0, 0.1) is 0 Å². The predicted molar refractivity (Wildman–Crippen MR) is 87.4 cm³/mol. The third-order valence-corrected chi connectivity index (χ3v) is 4.86. The van der Waals surface area contributed by atoms with E-state index in [1.165, 1.54) is 51.6 Å². The molecule has 2 rings (SSSR count). The Morgan fingerprint density at radius 1 is 1.05 bits per heavy atom. The number of nitrogens with one attached hydrogen (secondary N) is 2. The van der Waals surface area contributed by atoms with Gasteiger partial charge in [-0.15, -0.1) is 0 Å². The van der Waals surface area contributed by atoms with Crippen LogP contribution in [0.2, 0.25) is 0 Å². The monoisotopic (exact) mass is 295 g/mol. The topological polar surface area (TPSA) is 44.4 Å². The molecule has 0 bridgehead atoms. The van der Waals surface area contributed by atoms with Crippen LogP contribution in [0.15, 0.2) is 0 Å². The fraction of sp³-hybridized carbons (Fsp3) is 0.941. The Morgan fingerprint density at radius 3 is 2.33 bits per heavy atom. The van der Waals surface area contributed by atoms with E-state index in [1.807, 2.05) is 6.92 Å². The maximum atomic E-state index is 12.3. The third kappa shape index (κ3) is 5.95. The van der Waals surface area contributed by atoms with Crippen molar-refractivity contribution in [2.45, 2.75) is 83.3 Å². The lowest BCUT2D eigenvalue weighted by Gasteiger charge is -2.31. The highest BCUT2D eigenvalue weighted by atomic mass is 16.2. The first kappa shape index (κ1) is 16.8. The maximum absolute atomic E-state index is 12.3. The van der Waals surface area contributed by atoms with Gasteiger partial charge in [-0.05, 0) is 52.6 Å². The molecule has 0 radical (unpaired) electrons. The SMILES string of the molecule is CC(CN1CCCCC1)NC(C)C(=O)NC1CCCCC1. The molecule has 0 aromatic heterocycles. The number of piperidine rings is 1. The van der Waals surface area contributed by atoms with E-state index in [9.17, 15) is 4.79 Å². The van der Waals surface area contributed by atoms with Crippen LogP contribution >= 0.6 is 0 Å². The lowest BCUT2D eigenvalue weighted by Crippen LogP contribution is -2.51. The van der Waals surface area contributed by atoms with Gasteiger partial charge in [-0.2, -0.15) is 0 Å². The first-order chi connectivity index (χ1) is 10.1. The molecule has 2 fully saturated rings. The van der Waals surface area contributed by atoms with Crippen LogP contribution in [0.1, 0.15) is 65.2 Å². The highest BCUT2D eigenvalue weighted by molar-refractivity contribution is 5.81.